The first-order valence-corrected chi connectivity index (χ1v) is 24.3. The normalized spacial score (nSPS) is 24.4. The molecule has 4 spiro atoms. The van der Waals surface area contributed by atoms with E-state index < -0.39 is 47.0 Å². The fourth-order valence-corrected chi connectivity index (χ4v) is 8.64. The van der Waals surface area contributed by atoms with Gasteiger partial charge in [-0.2, -0.15) is 0 Å². The largest absolute Gasteiger partial charge is 0.456 e. The van der Waals surface area contributed by atoms with Gasteiger partial charge in [-0.3, -0.25) is 0 Å². The molecule has 0 unspecified atom stereocenters. The zero-order valence-corrected chi connectivity index (χ0v) is 42.3. The van der Waals surface area contributed by atoms with Crippen LogP contribution < -0.4 is 0 Å². The molecule has 12 rings (SSSR count). The topological polar surface area (TPSA) is 179 Å². The third kappa shape index (κ3) is 10.9. The molecule has 4 fully saturated rings. The van der Waals surface area contributed by atoms with Gasteiger partial charge < -0.3 is 56.8 Å². The molecule has 72 heavy (non-hydrogen) atoms. The summed E-state index contributed by atoms with van der Waals surface area (Å²) in [5.41, 5.74) is 1.16. The number of carbonyl (C=O) groups is 4. The number of ether oxygens (including phenoxy) is 12. The van der Waals surface area contributed by atoms with Crippen molar-refractivity contribution in [3.05, 3.63) is 142 Å². The number of hydrogen-bond donors (Lipinski definition) is 0. The predicted molar refractivity (Wildman–Crippen MR) is 256 cm³/mol. The third-order valence-electron chi connectivity index (χ3n) is 13.3. The molecule has 8 aliphatic rings. The molecule has 8 bridgehead atoms. The molecule has 0 aromatic heterocycles. The molecular formula is C56H64O16. The maximum absolute atomic E-state index is 13.9. The molecule has 8 aliphatic heterocycles. The number of benzene rings is 4. The van der Waals surface area contributed by atoms with E-state index in [1.807, 2.05) is 55.4 Å². The fourth-order valence-electron chi connectivity index (χ4n) is 8.64. The first-order valence-electron chi connectivity index (χ1n) is 24.3. The second kappa shape index (κ2) is 19.4. The molecule has 0 aliphatic carbocycles. The quantitative estimate of drug-likeness (QED) is 0.121. The molecule has 0 N–H and O–H groups in total. The average molecular weight is 993 g/mol. The van der Waals surface area contributed by atoms with E-state index in [4.69, 9.17) is 56.8 Å². The van der Waals surface area contributed by atoms with Crippen LogP contribution in [-0.4, -0.2) is 103 Å². The summed E-state index contributed by atoms with van der Waals surface area (Å²) < 4.78 is 75.2. The van der Waals surface area contributed by atoms with Gasteiger partial charge in [0.2, 0.25) is 23.1 Å². The maximum atomic E-state index is 13.9. The molecule has 4 saturated heterocycles. The van der Waals surface area contributed by atoms with Crippen LogP contribution in [-0.2, 0) is 80.0 Å². The summed E-state index contributed by atoms with van der Waals surface area (Å²) in [5.74, 6) is -8.97. The standard InChI is InChI=1S/C56H64O16/c1-49(2)25-65-53(66-26-49)33-61-45(57)37-11-9-12-38(23-37)46(58)63-35-55(69-29-51(5,6)30-70-55)43-19-21-44(22-20-43)56(71-31-52(7,8)32-72-56)36-64-48(60)40-14-10-13-39(24-40)47(59)62-34-54(42-17-15-41(53)16-18-42)67-27-50(3,4)28-68-54/h9-24H,25-36H2,1-8H3. The highest BCUT2D eigenvalue weighted by Gasteiger charge is 2.49. The second-order valence-electron chi connectivity index (χ2n) is 22.6. The van der Waals surface area contributed by atoms with Crippen LogP contribution in [0, 0.1) is 21.7 Å². The Morgan fingerprint density at radius 2 is 0.458 bits per heavy atom. The number of hydrogen-bond acceptors (Lipinski definition) is 16. The minimum atomic E-state index is -1.52. The van der Waals surface area contributed by atoms with Gasteiger partial charge >= 0.3 is 23.9 Å². The van der Waals surface area contributed by atoms with E-state index in [0.29, 0.717) is 22.3 Å². The van der Waals surface area contributed by atoms with Crippen molar-refractivity contribution in [3.8, 4) is 0 Å². The maximum Gasteiger partial charge on any atom is 0.338 e. The molecule has 0 atom stereocenters. The Kier molecular flexibility index (Phi) is 13.8. The molecule has 16 nitrogen and oxygen atoms in total. The van der Waals surface area contributed by atoms with Gasteiger partial charge in [0.05, 0.1) is 75.1 Å². The summed E-state index contributed by atoms with van der Waals surface area (Å²) in [6.45, 7) is 16.9. The summed E-state index contributed by atoms with van der Waals surface area (Å²) in [4.78, 5) is 55.5. The Bertz CT molecular complexity index is 2270. The van der Waals surface area contributed by atoms with Crippen LogP contribution in [0.25, 0.3) is 0 Å². The lowest BCUT2D eigenvalue weighted by Crippen LogP contribution is -2.49. The third-order valence-corrected chi connectivity index (χ3v) is 13.3. The lowest BCUT2D eigenvalue weighted by molar-refractivity contribution is -0.321. The number of esters is 4. The summed E-state index contributed by atoms with van der Waals surface area (Å²) in [7, 11) is 0. The molecule has 384 valence electrons. The van der Waals surface area contributed by atoms with Crippen LogP contribution in [0.1, 0.15) is 119 Å². The molecule has 16 heteroatoms. The van der Waals surface area contributed by atoms with E-state index >= 15 is 0 Å². The van der Waals surface area contributed by atoms with Crippen molar-refractivity contribution in [1.82, 2.24) is 0 Å². The van der Waals surface area contributed by atoms with Crippen molar-refractivity contribution in [2.75, 3.05) is 79.3 Å². The van der Waals surface area contributed by atoms with Crippen LogP contribution in [0.2, 0.25) is 0 Å². The SMILES string of the molecule is CC1(C)COC2(COC(=O)c3cccc(c3)C(=O)OCC3(OCC(C)(C)CO3)c3ccc(cc3)C3(COC(=O)c4cccc(c4)C(=O)OCC4(OCC(C)(C)CO4)c4ccc2cc4)OCC(C)(C)CO3)OC1. The van der Waals surface area contributed by atoms with Gasteiger partial charge in [0.25, 0.3) is 0 Å². The Balaban J connectivity index is 1.07. The highest BCUT2D eigenvalue weighted by atomic mass is 16.7. The van der Waals surface area contributed by atoms with Crippen molar-refractivity contribution in [2.24, 2.45) is 21.7 Å². The lowest BCUT2D eigenvalue weighted by Gasteiger charge is -2.44. The summed E-state index contributed by atoms with van der Waals surface area (Å²) >= 11 is 0. The Morgan fingerprint density at radius 3 is 0.639 bits per heavy atom. The van der Waals surface area contributed by atoms with Crippen LogP contribution in [0.3, 0.4) is 0 Å². The van der Waals surface area contributed by atoms with Crippen molar-refractivity contribution in [3.63, 3.8) is 0 Å². The van der Waals surface area contributed by atoms with E-state index in [2.05, 4.69) is 0 Å². The van der Waals surface area contributed by atoms with Gasteiger partial charge in [0.15, 0.2) is 26.4 Å². The Labute approximate surface area is 419 Å². The molecule has 4 aromatic rings. The average Bonchev–Trinajstić information content (AvgIpc) is 3.37. The van der Waals surface area contributed by atoms with Crippen LogP contribution in [0.5, 0.6) is 0 Å². The first-order chi connectivity index (χ1) is 34.0. The Hall–Kier alpha value is -5.56. The van der Waals surface area contributed by atoms with E-state index in [9.17, 15) is 19.2 Å². The molecule has 8 heterocycles. The van der Waals surface area contributed by atoms with E-state index in [0.717, 1.165) is 0 Å². The van der Waals surface area contributed by atoms with Crippen molar-refractivity contribution in [1.29, 1.82) is 0 Å². The Morgan fingerprint density at radius 1 is 0.278 bits per heavy atom. The van der Waals surface area contributed by atoms with Gasteiger partial charge in [-0.25, -0.2) is 19.2 Å². The summed E-state index contributed by atoms with van der Waals surface area (Å²) in [6, 6.07) is 26.2. The molecular weight excluding hydrogens is 929 g/mol. The van der Waals surface area contributed by atoms with E-state index in [1.165, 1.54) is 36.4 Å². The predicted octanol–water partition coefficient (Wildman–Crippen LogP) is 8.33. The van der Waals surface area contributed by atoms with Crippen LogP contribution in [0.4, 0.5) is 0 Å². The first kappa shape index (κ1) is 51.3. The van der Waals surface area contributed by atoms with Gasteiger partial charge in [0, 0.05) is 43.9 Å². The van der Waals surface area contributed by atoms with Gasteiger partial charge in [-0.05, 0) is 36.4 Å². The minimum Gasteiger partial charge on any atom is -0.456 e. The zero-order valence-electron chi connectivity index (χ0n) is 42.3. The van der Waals surface area contributed by atoms with Crippen LogP contribution >= 0.6 is 0 Å². The van der Waals surface area contributed by atoms with Crippen molar-refractivity contribution in [2.45, 2.75) is 78.5 Å². The van der Waals surface area contributed by atoms with Crippen LogP contribution in [0.15, 0.2) is 97.1 Å². The van der Waals surface area contributed by atoms with Gasteiger partial charge in [0.1, 0.15) is 0 Å². The van der Waals surface area contributed by atoms with Gasteiger partial charge in [-0.15, -0.1) is 0 Å². The zero-order chi connectivity index (χ0) is 51.2. The number of carbonyl (C=O) groups excluding carboxylic acids is 4. The highest BCUT2D eigenvalue weighted by molar-refractivity contribution is 5.96. The van der Waals surface area contributed by atoms with Gasteiger partial charge in [-0.1, -0.05) is 116 Å². The minimum absolute atomic E-state index is 0.0934. The summed E-state index contributed by atoms with van der Waals surface area (Å²) in [5, 5.41) is 0. The number of rotatable bonds is 0. The van der Waals surface area contributed by atoms with Crippen molar-refractivity contribution < 1.29 is 76.0 Å². The smallest absolute Gasteiger partial charge is 0.338 e. The monoisotopic (exact) mass is 992 g/mol. The highest BCUT2D eigenvalue weighted by Crippen LogP contribution is 2.43. The molecule has 0 amide bonds. The lowest BCUT2D eigenvalue weighted by atomic mass is 9.92. The second-order valence-corrected chi connectivity index (χ2v) is 22.6. The summed E-state index contributed by atoms with van der Waals surface area (Å²) in [6.07, 6.45) is 0. The molecule has 4 aromatic carbocycles. The fraction of sp³-hybridized carbons (Fsp3) is 0.500. The molecule has 0 radical (unpaired) electrons. The molecule has 0 saturated carbocycles. The van der Waals surface area contributed by atoms with Crippen molar-refractivity contribution >= 4 is 23.9 Å². The van der Waals surface area contributed by atoms with E-state index in [-0.39, 0.29) is 123 Å². The van der Waals surface area contributed by atoms with E-state index in [1.54, 1.807) is 60.7 Å².